The summed E-state index contributed by atoms with van der Waals surface area (Å²) in [4.78, 5) is 4.42. The first kappa shape index (κ1) is 16.2. The number of ether oxygens (including phenoxy) is 2. The molecular formula is C18H19FN6O2. The number of benzene rings is 1. The van der Waals surface area contributed by atoms with Crippen molar-refractivity contribution in [3.63, 3.8) is 0 Å². The molecule has 2 aromatic heterocycles. The van der Waals surface area contributed by atoms with Gasteiger partial charge >= 0.3 is 0 Å². The van der Waals surface area contributed by atoms with E-state index < -0.39 is 0 Å². The zero-order valence-electron chi connectivity index (χ0n) is 14.6. The molecule has 1 aromatic carbocycles. The fourth-order valence-electron chi connectivity index (χ4n) is 3.38. The molecule has 0 saturated carbocycles. The van der Waals surface area contributed by atoms with Gasteiger partial charge in [-0.1, -0.05) is 0 Å². The molecule has 9 heteroatoms. The maximum atomic E-state index is 14.3. The third kappa shape index (κ3) is 2.93. The van der Waals surface area contributed by atoms with Crippen molar-refractivity contribution < 1.29 is 13.9 Å². The number of nitrogens with one attached hydrogen (secondary N) is 2. The Morgan fingerprint density at radius 2 is 2.30 bits per heavy atom. The van der Waals surface area contributed by atoms with Gasteiger partial charge in [0.15, 0.2) is 5.75 Å². The summed E-state index contributed by atoms with van der Waals surface area (Å²) >= 11 is 0. The second kappa shape index (κ2) is 6.66. The standard InChI is InChI=1S/C18H19FN6O2/c19-14-1-2-15-12(3-4-26-15)13(14)7-21-18-22-8-16(17-24-23-10-25(17)18)27-9-11-5-20-6-11/h1-2,8,10-11,20H,3-7,9H2,(H,21,22). The van der Waals surface area contributed by atoms with Gasteiger partial charge in [-0.05, 0) is 12.1 Å². The topological polar surface area (TPSA) is 85.6 Å². The van der Waals surface area contributed by atoms with E-state index in [0.717, 1.165) is 24.4 Å². The number of fused-ring (bicyclic) bond motifs is 2. The van der Waals surface area contributed by atoms with Crippen molar-refractivity contribution in [2.24, 2.45) is 5.92 Å². The maximum absolute atomic E-state index is 14.3. The van der Waals surface area contributed by atoms with E-state index in [2.05, 4.69) is 25.8 Å². The predicted molar refractivity (Wildman–Crippen MR) is 95.6 cm³/mol. The van der Waals surface area contributed by atoms with Crippen LogP contribution >= 0.6 is 0 Å². The number of halogens is 1. The fourth-order valence-corrected chi connectivity index (χ4v) is 3.38. The molecule has 0 spiro atoms. The first-order valence-corrected chi connectivity index (χ1v) is 8.99. The molecule has 0 radical (unpaired) electrons. The van der Waals surface area contributed by atoms with Crippen LogP contribution in [0.4, 0.5) is 10.3 Å². The van der Waals surface area contributed by atoms with Crippen LogP contribution < -0.4 is 20.1 Å². The summed E-state index contributed by atoms with van der Waals surface area (Å²) in [7, 11) is 0. The molecule has 0 atom stereocenters. The Morgan fingerprint density at radius 3 is 3.15 bits per heavy atom. The average molecular weight is 370 g/mol. The Hall–Kier alpha value is -2.94. The first-order chi connectivity index (χ1) is 13.3. The molecule has 4 heterocycles. The molecule has 27 heavy (non-hydrogen) atoms. The molecule has 0 amide bonds. The molecule has 0 bridgehead atoms. The van der Waals surface area contributed by atoms with E-state index in [1.54, 1.807) is 23.0 Å². The SMILES string of the molecule is Fc1ccc2c(c1CNc1ncc(OCC3CNC3)c3nncn13)CCO2. The lowest BCUT2D eigenvalue weighted by molar-refractivity contribution is 0.199. The Bertz CT molecular complexity index is 987. The molecule has 0 unspecified atom stereocenters. The summed E-state index contributed by atoms with van der Waals surface area (Å²) in [5, 5.41) is 14.5. The molecule has 1 saturated heterocycles. The molecule has 0 aliphatic carbocycles. The van der Waals surface area contributed by atoms with Crippen LogP contribution in [-0.2, 0) is 13.0 Å². The minimum absolute atomic E-state index is 0.249. The van der Waals surface area contributed by atoms with Crippen LogP contribution in [-0.4, -0.2) is 45.9 Å². The number of aromatic nitrogens is 4. The van der Waals surface area contributed by atoms with E-state index >= 15 is 0 Å². The van der Waals surface area contributed by atoms with Gasteiger partial charge in [-0.2, -0.15) is 0 Å². The predicted octanol–water partition coefficient (Wildman–Crippen LogP) is 1.41. The molecule has 3 aromatic rings. The van der Waals surface area contributed by atoms with E-state index in [0.29, 0.717) is 55.0 Å². The van der Waals surface area contributed by atoms with E-state index in [9.17, 15) is 4.39 Å². The second-order valence-electron chi connectivity index (χ2n) is 6.76. The van der Waals surface area contributed by atoms with E-state index in [4.69, 9.17) is 9.47 Å². The minimum atomic E-state index is -0.249. The van der Waals surface area contributed by atoms with Gasteiger partial charge in [0.05, 0.1) is 19.4 Å². The first-order valence-electron chi connectivity index (χ1n) is 8.99. The van der Waals surface area contributed by atoms with Crippen molar-refractivity contribution >= 4 is 11.6 Å². The van der Waals surface area contributed by atoms with Crippen LogP contribution in [0.5, 0.6) is 11.5 Å². The molecule has 2 aliphatic rings. The summed E-state index contributed by atoms with van der Waals surface area (Å²) in [6, 6.07) is 3.12. The van der Waals surface area contributed by atoms with Crippen LogP contribution in [0.15, 0.2) is 24.7 Å². The molecule has 5 rings (SSSR count). The normalized spacial score (nSPS) is 16.0. The Labute approximate surface area is 154 Å². The quantitative estimate of drug-likeness (QED) is 0.678. The smallest absolute Gasteiger partial charge is 0.210 e. The van der Waals surface area contributed by atoms with Crippen molar-refractivity contribution in [3.05, 3.63) is 41.6 Å². The van der Waals surface area contributed by atoms with Crippen LogP contribution in [0.3, 0.4) is 0 Å². The molecule has 140 valence electrons. The largest absolute Gasteiger partial charge is 0.493 e. The molecular weight excluding hydrogens is 351 g/mol. The zero-order valence-corrected chi connectivity index (χ0v) is 14.6. The van der Waals surface area contributed by atoms with Crippen molar-refractivity contribution in [2.45, 2.75) is 13.0 Å². The van der Waals surface area contributed by atoms with E-state index in [1.165, 1.54) is 6.07 Å². The van der Waals surface area contributed by atoms with Crippen molar-refractivity contribution in [2.75, 3.05) is 31.6 Å². The number of hydrogen-bond acceptors (Lipinski definition) is 7. The van der Waals surface area contributed by atoms with Gasteiger partial charge in [-0.3, -0.25) is 0 Å². The van der Waals surface area contributed by atoms with Crippen molar-refractivity contribution in [1.29, 1.82) is 0 Å². The van der Waals surface area contributed by atoms with Crippen LogP contribution in [0.1, 0.15) is 11.1 Å². The summed E-state index contributed by atoms with van der Waals surface area (Å²) in [5.41, 5.74) is 2.10. The number of nitrogens with zero attached hydrogens (tertiary/aromatic N) is 4. The summed E-state index contributed by atoms with van der Waals surface area (Å²) in [6.45, 7) is 3.43. The third-order valence-corrected chi connectivity index (χ3v) is 5.00. The minimum Gasteiger partial charge on any atom is -0.493 e. The van der Waals surface area contributed by atoms with Crippen LogP contribution in [0.2, 0.25) is 0 Å². The van der Waals surface area contributed by atoms with Gasteiger partial charge in [-0.15, -0.1) is 10.2 Å². The van der Waals surface area contributed by atoms with Crippen LogP contribution in [0, 0.1) is 11.7 Å². The highest BCUT2D eigenvalue weighted by Crippen LogP contribution is 2.30. The van der Waals surface area contributed by atoms with Gasteiger partial charge in [0.2, 0.25) is 11.6 Å². The highest BCUT2D eigenvalue weighted by atomic mass is 19.1. The lowest BCUT2D eigenvalue weighted by Gasteiger charge is -2.26. The lowest BCUT2D eigenvalue weighted by atomic mass is 10.0. The Kier molecular flexibility index (Phi) is 4.01. The van der Waals surface area contributed by atoms with Gasteiger partial charge in [0, 0.05) is 43.1 Å². The van der Waals surface area contributed by atoms with E-state index in [1.807, 2.05) is 0 Å². The molecule has 1 fully saturated rings. The van der Waals surface area contributed by atoms with Gasteiger partial charge in [0.25, 0.3) is 0 Å². The summed E-state index contributed by atoms with van der Waals surface area (Å²) in [6.07, 6.45) is 3.91. The monoisotopic (exact) mass is 370 g/mol. The maximum Gasteiger partial charge on any atom is 0.210 e. The van der Waals surface area contributed by atoms with Crippen molar-refractivity contribution in [3.8, 4) is 11.5 Å². The van der Waals surface area contributed by atoms with E-state index in [-0.39, 0.29) is 5.82 Å². The van der Waals surface area contributed by atoms with Gasteiger partial charge < -0.3 is 20.1 Å². The fraction of sp³-hybridized carbons (Fsp3) is 0.389. The zero-order chi connectivity index (χ0) is 18.2. The number of anilines is 1. The summed E-state index contributed by atoms with van der Waals surface area (Å²) in [5.74, 6) is 2.13. The number of hydrogen-bond donors (Lipinski definition) is 2. The van der Waals surface area contributed by atoms with Gasteiger partial charge in [0.1, 0.15) is 17.9 Å². The van der Waals surface area contributed by atoms with Crippen LogP contribution in [0.25, 0.3) is 5.65 Å². The number of rotatable bonds is 6. The second-order valence-corrected chi connectivity index (χ2v) is 6.76. The molecule has 2 aliphatic heterocycles. The lowest BCUT2D eigenvalue weighted by Crippen LogP contribution is -2.45. The van der Waals surface area contributed by atoms with Gasteiger partial charge in [-0.25, -0.2) is 13.8 Å². The van der Waals surface area contributed by atoms with Crippen molar-refractivity contribution in [1.82, 2.24) is 24.9 Å². The summed E-state index contributed by atoms with van der Waals surface area (Å²) < 4.78 is 27.4. The Balaban J connectivity index is 1.37. The third-order valence-electron chi connectivity index (χ3n) is 5.00. The average Bonchev–Trinajstić information content (AvgIpc) is 3.30. The highest BCUT2D eigenvalue weighted by molar-refractivity contribution is 5.56. The highest BCUT2D eigenvalue weighted by Gasteiger charge is 2.21. The molecule has 8 nitrogen and oxygen atoms in total. The molecule has 2 N–H and O–H groups in total. The Morgan fingerprint density at radius 1 is 1.37 bits per heavy atom.